The maximum absolute atomic E-state index is 10.5. The molecule has 1 unspecified atom stereocenters. The van der Waals surface area contributed by atoms with E-state index in [1.807, 2.05) is 26.0 Å². The van der Waals surface area contributed by atoms with Crippen LogP contribution in [0.4, 0.5) is 0 Å². The van der Waals surface area contributed by atoms with Gasteiger partial charge in [0.05, 0.1) is 0 Å². The first-order valence-corrected chi connectivity index (χ1v) is 4.29. The number of hydrogen-bond donors (Lipinski definition) is 2. The molecule has 3 heteroatoms. The summed E-state index contributed by atoms with van der Waals surface area (Å²) in [5, 5.41) is 11.6. The van der Waals surface area contributed by atoms with Gasteiger partial charge in [-0.3, -0.25) is 4.79 Å². The second-order valence-corrected chi connectivity index (χ2v) is 2.61. The van der Waals surface area contributed by atoms with Gasteiger partial charge in [0.25, 0.3) is 0 Å². The quantitative estimate of drug-likeness (QED) is 0.469. The molecule has 0 rings (SSSR count). The van der Waals surface area contributed by atoms with Crippen molar-refractivity contribution in [3.63, 3.8) is 0 Å². The highest BCUT2D eigenvalue weighted by Crippen LogP contribution is 1.91. The summed E-state index contributed by atoms with van der Waals surface area (Å²) in [7, 11) is 0. The third-order valence-corrected chi connectivity index (χ3v) is 1.64. The van der Waals surface area contributed by atoms with Gasteiger partial charge < -0.3 is 10.4 Å². The SMILES string of the molecule is C/C=C/CCNC(CC)C(=O)O. The van der Waals surface area contributed by atoms with E-state index in [1.54, 1.807) is 0 Å². The molecule has 0 spiro atoms. The Kier molecular flexibility index (Phi) is 6.38. The standard InChI is InChI=1S/C9H17NO2/c1-3-5-6-7-10-8(4-2)9(11)12/h3,5,8,10H,4,6-7H2,1-2H3,(H,11,12)/b5-3+. The van der Waals surface area contributed by atoms with E-state index in [2.05, 4.69) is 5.32 Å². The molecule has 0 aliphatic heterocycles. The predicted octanol–water partition coefficient (Wildman–Crippen LogP) is 1.41. The zero-order chi connectivity index (χ0) is 9.40. The van der Waals surface area contributed by atoms with Gasteiger partial charge >= 0.3 is 5.97 Å². The number of carboxylic acids is 1. The predicted molar refractivity (Wildman–Crippen MR) is 49.1 cm³/mol. The molecule has 3 nitrogen and oxygen atoms in total. The number of allylic oxidation sites excluding steroid dienone is 1. The highest BCUT2D eigenvalue weighted by atomic mass is 16.4. The van der Waals surface area contributed by atoms with Gasteiger partial charge in [0.2, 0.25) is 0 Å². The Bertz CT molecular complexity index is 155. The second-order valence-electron chi connectivity index (χ2n) is 2.61. The molecule has 2 N–H and O–H groups in total. The monoisotopic (exact) mass is 171 g/mol. The maximum Gasteiger partial charge on any atom is 0.320 e. The van der Waals surface area contributed by atoms with Crippen molar-refractivity contribution >= 4 is 5.97 Å². The highest BCUT2D eigenvalue weighted by Gasteiger charge is 2.12. The molecule has 0 heterocycles. The smallest absolute Gasteiger partial charge is 0.320 e. The van der Waals surface area contributed by atoms with Crippen molar-refractivity contribution in [2.75, 3.05) is 6.54 Å². The number of nitrogens with one attached hydrogen (secondary N) is 1. The summed E-state index contributed by atoms with van der Waals surface area (Å²) in [6, 6.07) is -0.393. The van der Waals surface area contributed by atoms with Gasteiger partial charge in [-0.05, 0) is 26.3 Å². The first-order chi connectivity index (χ1) is 5.72. The third-order valence-electron chi connectivity index (χ3n) is 1.64. The van der Waals surface area contributed by atoms with E-state index in [9.17, 15) is 4.79 Å². The van der Waals surface area contributed by atoms with Crippen LogP contribution < -0.4 is 5.32 Å². The summed E-state index contributed by atoms with van der Waals surface area (Å²) in [5.74, 6) is -0.766. The molecule has 0 amide bonds. The molecular formula is C9H17NO2. The average molecular weight is 171 g/mol. The van der Waals surface area contributed by atoms with Crippen LogP contribution in [0.1, 0.15) is 26.7 Å². The topological polar surface area (TPSA) is 49.3 Å². The minimum atomic E-state index is -0.766. The van der Waals surface area contributed by atoms with Gasteiger partial charge in [-0.25, -0.2) is 0 Å². The Morgan fingerprint density at radius 2 is 2.33 bits per heavy atom. The fourth-order valence-electron chi connectivity index (χ4n) is 0.914. The lowest BCUT2D eigenvalue weighted by atomic mass is 10.2. The van der Waals surface area contributed by atoms with Gasteiger partial charge in [-0.1, -0.05) is 19.1 Å². The van der Waals surface area contributed by atoms with Crippen LogP contribution in [0.2, 0.25) is 0 Å². The molecule has 0 aromatic carbocycles. The molecule has 0 aromatic heterocycles. The van der Waals surface area contributed by atoms with Gasteiger partial charge in [0, 0.05) is 0 Å². The van der Waals surface area contributed by atoms with E-state index in [0.717, 1.165) is 13.0 Å². The van der Waals surface area contributed by atoms with Crippen LogP contribution in [0.15, 0.2) is 12.2 Å². The van der Waals surface area contributed by atoms with Gasteiger partial charge in [-0.2, -0.15) is 0 Å². The average Bonchev–Trinajstić information content (AvgIpc) is 2.04. The van der Waals surface area contributed by atoms with Crippen LogP contribution in [0, 0.1) is 0 Å². The third kappa shape index (κ3) is 4.91. The van der Waals surface area contributed by atoms with Crippen LogP contribution in [0.5, 0.6) is 0 Å². The Hall–Kier alpha value is -0.830. The lowest BCUT2D eigenvalue weighted by Gasteiger charge is -2.10. The minimum absolute atomic E-state index is 0.393. The summed E-state index contributed by atoms with van der Waals surface area (Å²) in [5.41, 5.74) is 0. The molecule has 0 bridgehead atoms. The number of carbonyl (C=O) groups is 1. The van der Waals surface area contributed by atoms with Gasteiger partial charge in [0.1, 0.15) is 6.04 Å². The fraction of sp³-hybridized carbons (Fsp3) is 0.667. The lowest BCUT2D eigenvalue weighted by molar-refractivity contribution is -0.139. The molecule has 0 saturated carbocycles. The molecule has 70 valence electrons. The molecule has 1 atom stereocenters. The Labute approximate surface area is 73.5 Å². The number of rotatable bonds is 6. The van der Waals surface area contributed by atoms with Crippen molar-refractivity contribution in [3.05, 3.63) is 12.2 Å². The van der Waals surface area contributed by atoms with Crippen LogP contribution in [0.3, 0.4) is 0 Å². The van der Waals surface area contributed by atoms with Crippen LogP contribution >= 0.6 is 0 Å². The van der Waals surface area contributed by atoms with Crippen LogP contribution in [-0.2, 0) is 4.79 Å². The largest absolute Gasteiger partial charge is 0.480 e. The number of aliphatic carboxylic acids is 1. The van der Waals surface area contributed by atoms with Crippen molar-refractivity contribution < 1.29 is 9.90 Å². The molecule has 12 heavy (non-hydrogen) atoms. The first-order valence-electron chi connectivity index (χ1n) is 4.29. The van der Waals surface area contributed by atoms with E-state index >= 15 is 0 Å². The molecule has 0 saturated heterocycles. The van der Waals surface area contributed by atoms with E-state index in [1.165, 1.54) is 0 Å². The van der Waals surface area contributed by atoms with Crippen molar-refractivity contribution in [2.45, 2.75) is 32.7 Å². The zero-order valence-electron chi connectivity index (χ0n) is 7.71. The fourth-order valence-corrected chi connectivity index (χ4v) is 0.914. The van der Waals surface area contributed by atoms with Crippen molar-refractivity contribution in [1.29, 1.82) is 0 Å². The lowest BCUT2D eigenvalue weighted by Crippen LogP contribution is -2.36. The minimum Gasteiger partial charge on any atom is -0.480 e. The zero-order valence-corrected chi connectivity index (χ0v) is 7.71. The van der Waals surface area contributed by atoms with Crippen molar-refractivity contribution in [2.24, 2.45) is 0 Å². The van der Waals surface area contributed by atoms with E-state index in [4.69, 9.17) is 5.11 Å². The summed E-state index contributed by atoms with van der Waals surface area (Å²) in [6.45, 7) is 4.55. The normalized spacial score (nSPS) is 13.5. The number of hydrogen-bond acceptors (Lipinski definition) is 2. The Morgan fingerprint density at radius 3 is 2.75 bits per heavy atom. The molecule has 0 radical (unpaired) electrons. The Balaban J connectivity index is 3.51. The molecule has 0 aliphatic rings. The summed E-state index contributed by atoms with van der Waals surface area (Å²) >= 11 is 0. The van der Waals surface area contributed by atoms with Gasteiger partial charge in [-0.15, -0.1) is 0 Å². The molecule has 0 fully saturated rings. The molecule has 0 aliphatic carbocycles. The maximum atomic E-state index is 10.5. The highest BCUT2D eigenvalue weighted by molar-refractivity contribution is 5.73. The summed E-state index contributed by atoms with van der Waals surface area (Å²) < 4.78 is 0. The van der Waals surface area contributed by atoms with E-state index in [-0.39, 0.29) is 0 Å². The first kappa shape index (κ1) is 11.2. The van der Waals surface area contributed by atoms with E-state index in [0.29, 0.717) is 6.42 Å². The van der Waals surface area contributed by atoms with E-state index < -0.39 is 12.0 Å². The Morgan fingerprint density at radius 1 is 1.67 bits per heavy atom. The molecular weight excluding hydrogens is 154 g/mol. The van der Waals surface area contributed by atoms with Crippen LogP contribution in [0.25, 0.3) is 0 Å². The molecule has 0 aromatic rings. The summed E-state index contributed by atoms with van der Waals surface area (Å²) in [6.07, 6.45) is 5.50. The van der Waals surface area contributed by atoms with Crippen LogP contribution in [-0.4, -0.2) is 23.7 Å². The number of carboxylic acid groups (broad SMARTS) is 1. The van der Waals surface area contributed by atoms with Gasteiger partial charge in [0.15, 0.2) is 0 Å². The van der Waals surface area contributed by atoms with Crippen molar-refractivity contribution in [3.8, 4) is 0 Å². The van der Waals surface area contributed by atoms with Crippen molar-refractivity contribution in [1.82, 2.24) is 5.32 Å². The summed E-state index contributed by atoms with van der Waals surface area (Å²) in [4.78, 5) is 10.5. The second kappa shape index (κ2) is 6.85.